The Labute approximate surface area is 74.8 Å². The predicted octanol–water partition coefficient (Wildman–Crippen LogP) is 1.36. The van der Waals surface area contributed by atoms with Crippen LogP contribution in [0.4, 0.5) is 5.69 Å². The van der Waals surface area contributed by atoms with Crippen LogP contribution in [0.1, 0.15) is 11.4 Å². The van der Waals surface area contributed by atoms with Gasteiger partial charge in [-0.15, -0.1) is 0 Å². The Bertz CT molecular complexity index is 381. The van der Waals surface area contributed by atoms with Gasteiger partial charge in [0.2, 0.25) is 0 Å². The van der Waals surface area contributed by atoms with Gasteiger partial charge in [0.25, 0.3) is 5.69 Å². The van der Waals surface area contributed by atoms with E-state index in [-0.39, 0.29) is 12.1 Å². The first-order valence-corrected chi connectivity index (χ1v) is 3.63. The molecule has 1 aromatic rings. The highest BCUT2D eigenvalue weighted by atomic mass is 16.6. The van der Waals surface area contributed by atoms with Crippen LogP contribution in [0.25, 0.3) is 0 Å². The van der Waals surface area contributed by atoms with E-state index in [2.05, 4.69) is 4.98 Å². The van der Waals surface area contributed by atoms with Gasteiger partial charge in [-0.25, -0.2) is 4.98 Å². The number of hydrogen-bond acceptors (Lipinski definition) is 4. The molecule has 0 atom stereocenters. The Morgan fingerprint density at radius 3 is 2.85 bits per heavy atom. The van der Waals surface area contributed by atoms with Gasteiger partial charge in [-0.2, -0.15) is 5.26 Å². The number of aromatic nitrogens is 1. The Morgan fingerprint density at radius 1 is 1.69 bits per heavy atom. The van der Waals surface area contributed by atoms with Crippen LogP contribution >= 0.6 is 0 Å². The molecule has 66 valence electrons. The van der Waals surface area contributed by atoms with E-state index in [4.69, 9.17) is 5.26 Å². The summed E-state index contributed by atoms with van der Waals surface area (Å²) >= 11 is 0. The van der Waals surface area contributed by atoms with E-state index in [9.17, 15) is 10.1 Å². The predicted molar refractivity (Wildman–Crippen MR) is 44.9 cm³/mol. The van der Waals surface area contributed by atoms with Gasteiger partial charge in [-0.3, -0.25) is 10.1 Å². The number of aryl methyl sites for hydroxylation is 1. The average Bonchev–Trinajstić information content (AvgIpc) is 2.04. The molecule has 0 saturated heterocycles. The summed E-state index contributed by atoms with van der Waals surface area (Å²) in [4.78, 5) is 13.8. The van der Waals surface area contributed by atoms with Crippen LogP contribution in [0.3, 0.4) is 0 Å². The second kappa shape index (κ2) is 3.63. The standard InChI is InChI=1S/C8H7N3O2/c1-6-8(11(12)13)3-2-7(10-6)4-5-9/h2-3H,4H2,1H3. The topological polar surface area (TPSA) is 79.8 Å². The fourth-order valence-corrected chi connectivity index (χ4v) is 0.978. The molecule has 0 aliphatic carbocycles. The number of hydrogen-bond donors (Lipinski definition) is 0. The van der Waals surface area contributed by atoms with Crippen molar-refractivity contribution in [3.05, 3.63) is 33.6 Å². The normalized spacial score (nSPS) is 9.23. The first-order valence-electron chi connectivity index (χ1n) is 3.63. The summed E-state index contributed by atoms with van der Waals surface area (Å²) < 4.78 is 0. The highest BCUT2D eigenvalue weighted by Gasteiger charge is 2.10. The Balaban J connectivity index is 3.07. The SMILES string of the molecule is Cc1nc(CC#N)ccc1[N+](=O)[O-]. The molecule has 5 nitrogen and oxygen atoms in total. The lowest BCUT2D eigenvalue weighted by atomic mass is 10.2. The maximum atomic E-state index is 10.4. The summed E-state index contributed by atoms with van der Waals surface area (Å²) in [5.74, 6) is 0. The van der Waals surface area contributed by atoms with Gasteiger partial charge in [0, 0.05) is 6.07 Å². The molecule has 0 aliphatic rings. The summed E-state index contributed by atoms with van der Waals surface area (Å²) in [6.45, 7) is 1.55. The van der Waals surface area contributed by atoms with Gasteiger partial charge < -0.3 is 0 Å². The van der Waals surface area contributed by atoms with Crippen LogP contribution in [0.15, 0.2) is 12.1 Å². The molecule has 0 spiro atoms. The van der Waals surface area contributed by atoms with Crippen LogP contribution in [0.5, 0.6) is 0 Å². The molecule has 0 radical (unpaired) electrons. The maximum Gasteiger partial charge on any atom is 0.290 e. The number of nitrogens with zero attached hydrogens (tertiary/aromatic N) is 3. The first kappa shape index (κ1) is 9.13. The third kappa shape index (κ3) is 1.99. The number of nitro groups is 1. The van der Waals surface area contributed by atoms with Crippen molar-refractivity contribution in [2.45, 2.75) is 13.3 Å². The van der Waals surface area contributed by atoms with E-state index in [1.807, 2.05) is 6.07 Å². The minimum Gasteiger partial charge on any atom is -0.258 e. The average molecular weight is 177 g/mol. The maximum absolute atomic E-state index is 10.4. The molecule has 0 aromatic carbocycles. The van der Waals surface area contributed by atoms with E-state index >= 15 is 0 Å². The van der Waals surface area contributed by atoms with Crippen molar-refractivity contribution >= 4 is 5.69 Å². The third-order valence-electron chi connectivity index (χ3n) is 1.57. The van der Waals surface area contributed by atoms with E-state index in [0.29, 0.717) is 11.4 Å². The van der Waals surface area contributed by atoms with Crippen LogP contribution in [0.2, 0.25) is 0 Å². The van der Waals surface area contributed by atoms with E-state index in [1.54, 1.807) is 6.92 Å². The van der Waals surface area contributed by atoms with Crippen molar-refractivity contribution < 1.29 is 4.92 Å². The zero-order valence-electron chi connectivity index (χ0n) is 7.02. The molecule has 0 N–H and O–H groups in total. The van der Waals surface area contributed by atoms with Crippen molar-refractivity contribution in [2.75, 3.05) is 0 Å². The van der Waals surface area contributed by atoms with E-state index < -0.39 is 4.92 Å². The Kier molecular flexibility index (Phi) is 2.55. The molecular weight excluding hydrogens is 170 g/mol. The molecular formula is C8H7N3O2. The lowest BCUT2D eigenvalue weighted by Gasteiger charge is -1.97. The highest BCUT2D eigenvalue weighted by Crippen LogP contribution is 2.15. The third-order valence-corrected chi connectivity index (χ3v) is 1.57. The van der Waals surface area contributed by atoms with Crippen molar-refractivity contribution in [3.63, 3.8) is 0 Å². The molecule has 5 heteroatoms. The molecule has 1 aromatic heterocycles. The van der Waals surface area contributed by atoms with Crippen LogP contribution in [-0.4, -0.2) is 9.91 Å². The lowest BCUT2D eigenvalue weighted by molar-refractivity contribution is -0.385. The molecule has 0 bridgehead atoms. The number of nitriles is 1. The first-order chi connectivity index (χ1) is 6.15. The quantitative estimate of drug-likeness (QED) is 0.504. The fourth-order valence-electron chi connectivity index (χ4n) is 0.978. The van der Waals surface area contributed by atoms with Gasteiger partial charge in [0.15, 0.2) is 0 Å². The van der Waals surface area contributed by atoms with Gasteiger partial charge in [0.05, 0.1) is 23.1 Å². The minimum absolute atomic E-state index is 0.0123. The monoisotopic (exact) mass is 177 g/mol. The zero-order valence-corrected chi connectivity index (χ0v) is 7.02. The lowest BCUT2D eigenvalue weighted by Crippen LogP contribution is -1.97. The second-order valence-corrected chi connectivity index (χ2v) is 2.50. The minimum atomic E-state index is -0.488. The van der Waals surface area contributed by atoms with Crippen LogP contribution in [-0.2, 0) is 6.42 Å². The summed E-state index contributed by atoms with van der Waals surface area (Å²) in [6.07, 6.45) is 0.179. The molecule has 0 unspecified atom stereocenters. The summed E-state index contributed by atoms with van der Waals surface area (Å²) in [7, 11) is 0. The van der Waals surface area contributed by atoms with Crippen LogP contribution in [0, 0.1) is 28.4 Å². The van der Waals surface area contributed by atoms with Crippen molar-refractivity contribution in [2.24, 2.45) is 0 Å². The van der Waals surface area contributed by atoms with Gasteiger partial charge in [-0.05, 0) is 13.0 Å². The summed E-state index contributed by atoms with van der Waals surface area (Å²) in [5, 5.41) is 18.8. The largest absolute Gasteiger partial charge is 0.290 e. The molecule has 0 fully saturated rings. The number of rotatable bonds is 2. The number of pyridine rings is 1. The van der Waals surface area contributed by atoms with E-state index in [0.717, 1.165) is 0 Å². The summed E-state index contributed by atoms with van der Waals surface area (Å²) in [6, 6.07) is 4.79. The van der Waals surface area contributed by atoms with Crippen LogP contribution < -0.4 is 0 Å². The second-order valence-electron chi connectivity index (χ2n) is 2.50. The van der Waals surface area contributed by atoms with Crippen molar-refractivity contribution in [1.29, 1.82) is 5.26 Å². The Morgan fingerprint density at radius 2 is 2.38 bits per heavy atom. The fraction of sp³-hybridized carbons (Fsp3) is 0.250. The van der Waals surface area contributed by atoms with Gasteiger partial charge in [-0.1, -0.05) is 0 Å². The molecule has 1 rings (SSSR count). The molecule has 0 aliphatic heterocycles. The molecule has 0 amide bonds. The molecule has 1 heterocycles. The smallest absolute Gasteiger partial charge is 0.258 e. The summed E-state index contributed by atoms with van der Waals surface area (Å²) in [5.41, 5.74) is 0.894. The zero-order chi connectivity index (χ0) is 9.84. The van der Waals surface area contributed by atoms with Gasteiger partial charge in [0.1, 0.15) is 5.69 Å². The molecule has 13 heavy (non-hydrogen) atoms. The van der Waals surface area contributed by atoms with Gasteiger partial charge >= 0.3 is 0 Å². The highest BCUT2D eigenvalue weighted by molar-refractivity contribution is 5.35. The van der Waals surface area contributed by atoms with Crippen molar-refractivity contribution in [3.8, 4) is 6.07 Å². The molecule has 0 saturated carbocycles. The van der Waals surface area contributed by atoms with Crippen molar-refractivity contribution in [1.82, 2.24) is 4.98 Å². The Hall–Kier alpha value is -1.96. The van der Waals surface area contributed by atoms with E-state index in [1.165, 1.54) is 12.1 Å².